The highest BCUT2D eigenvalue weighted by atomic mass is 79.9. The summed E-state index contributed by atoms with van der Waals surface area (Å²) in [5.41, 5.74) is 0.910. The minimum atomic E-state index is -0.958. The Morgan fingerprint density at radius 1 is 1.04 bits per heavy atom. The zero-order chi connectivity index (χ0) is 17.9. The molecule has 5 nitrogen and oxygen atoms in total. The maximum Gasteiger partial charge on any atom is 0.404 e. The van der Waals surface area contributed by atoms with Gasteiger partial charge in [0.25, 0.3) is 5.19 Å². The van der Waals surface area contributed by atoms with E-state index in [0.29, 0.717) is 0 Å². The molecule has 0 aliphatic heterocycles. The van der Waals surface area contributed by atoms with E-state index in [2.05, 4.69) is 26.2 Å². The largest absolute Gasteiger partial charge is 0.404 e. The maximum absolute atomic E-state index is 11.4. The lowest BCUT2D eigenvalue weighted by molar-refractivity contribution is -0.148. The molecule has 0 radical (unpaired) electrons. The fourth-order valence-corrected chi connectivity index (χ4v) is 2.44. The van der Waals surface area contributed by atoms with E-state index in [4.69, 9.17) is 4.74 Å². The fraction of sp³-hybridized carbons (Fsp3) is 0.0556. The van der Waals surface area contributed by atoms with Gasteiger partial charge in [0.15, 0.2) is 0 Å². The number of ether oxygens (including phenoxy) is 1. The van der Waals surface area contributed by atoms with E-state index in [-0.39, 0.29) is 11.7 Å². The zero-order valence-corrected chi connectivity index (χ0v) is 15.5. The van der Waals surface area contributed by atoms with Gasteiger partial charge in [-0.2, -0.15) is 0 Å². The number of hydrogen-bond acceptors (Lipinski definition) is 5. The van der Waals surface area contributed by atoms with Crippen LogP contribution in [0.1, 0.15) is 5.56 Å². The average molecular weight is 419 g/mol. The van der Waals surface area contributed by atoms with Crippen LogP contribution in [0.5, 0.6) is 5.19 Å². The minimum Gasteiger partial charge on any atom is -0.391 e. The van der Waals surface area contributed by atoms with E-state index in [9.17, 15) is 9.59 Å². The van der Waals surface area contributed by atoms with E-state index >= 15 is 0 Å². The Morgan fingerprint density at radius 3 is 2.20 bits per heavy atom. The summed E-state index contributed by atoms with van der Waals surface area (Å²) in [4.78, 5) is 26.6. The first kappa shape index (κ1) is 18.8. The summed E-state index contributed by atoms with van der Waals surface area (Å²) in [6.07, 6.45) is 1.50. The van der Waals surface area contributed by atoms with E-state index in [1.807, 2.05) is 60.7 Å². The van der Waals surface area contributed by atoms with Crippen LogP contribution in [0.4, 0.5) is 0 Å². The lowest BCUT2D eigenvalue weighted by Gasteiger charge is -2.03. The smallest absolute Gasteiger partial charge is 0.391 e. The number of nitrogens with zero attached hydrogens (tertiary/aromatic N) is 1. The van der Waals surface area contributed by atoms with E-state index in [0.717, 1.165) is 21.4 Å². The number of hydrogen-bond donors (Lipinski definition) is 1. The number of amides is 1. The van der Waals surface area contributed by atoms with Gasteiger partial charge in [-0.15, -0.1) is 0 Å². The van der Waals surface area contributed by atoms with Crippen LogP contribution in [0.2, 0.25) is 0 Å². The summed E-state index contributed by atoms with van der Waals surface area (Å²) in [6, 6.07) is 19.3. The van der Waals surface area contributed by atoms with Crippen LogP contribution in [-0.4, -0.2) is 16.9 Å². The molecule has 7 heteroatoms. The number of nitrogens with one attached hydrogen (secondary N) is 1. The topological polar surface area (TPSA) is 68.3 Å². The normalized spacial score (nSPS) is 9.48. The molecule has 0 fully saturated rings. The van der Waals surface area contributed by atoms with Crippen LogP contribution >= 0.6 is 27.3 Å². The summed E-state index contributed by atoms with van der Waals surface area (Å²) >= 11 is 4.46. The second-order valence-corrected chi connectivity index (χ2v) is 6.42. The highest BCUT2D eigenvalue weighted by Gasteiger charge is 2.16. The SMILES string of the molecule is Brc1ccccc1.O=C(NCc1ccccc1)C(=O)Oc1nccs1. The van der Waals surface area contributed by atoms with Crippen LogP contribution in [0, 0.1) is 0 Å². The van der Waals surface area contributed by atoms with Gasteiger partial charge in [-0.25, -0.2) is 9.78 Å². The molecule has 0 aliphatic rings. The molecule has 1 heterocycles. The van der Waals surface area contributed by atoms with Crippen molar-refractivity contribution in [2.24, 2.45) is 0 Å². The molecular weight excluding hydrogens is 404 g/mol. The molecule has 25 heavy (non-hydrogen) atoms. The number of aromatic nitrogens is 1. The molecule has 128 valence electrons. The molecule has 1 N–H and O–H groups in total. The third-order valence-corrected chi connectivity index (χ3v) is 3.98. The second-order valence-electron chi connectivity index (χ2n) is 4.65. The standard InChI is InChI=1S/C12H10N2O3S.C6H5Br/c15-10(11(16)17-12-13-6-7-18-12)14-8-9-4-2-1-3-5-9;7-6-4-2-1-3-5-6/h1-7H,8H2,(H,14,15);1-5H. The molecule has 0 aliphatic carbocycles. The third kappa shape index (κ3) is 7.28. The van der Waals surface area contributed by atoms with Gasteiger partial charge in [0.1, 0.15) is 0 Å². The number of carbonyl (C=O) groups excluding carboxylic acids is 2. The Bertz CT molecular complexity index is 781. The summed E-state index contributed by atoms with van der Waals surface area (Å²) < 4.78 is 5.90. The molecule has 3 aromatic rings. The van der Waals surface area contributed by atoms with Gasteiger partial charge in [0.05, 0.1) is 0 Å². The van der Waals surface area contributed by atoms with Gasteiger partial charge in [-0.05, 0) is 17.7 Å². The van der Waals surface area contributed by atoms with E-state index < -0.39 is 11.9 Å². The van der Waals surface area contributed by atoms with Gasteiger partial charge in [0, 0.05) is 22.6 Å². The molecule has 3 rings (SSSR count). The molecule has 0 spiro atoms. The van der Waals surface area contributed by atoms with Crippen LogP contribution in [0.15, 0.2) is 76.7 Å². The predicted molar refractivity (Wildman–Crippen MR) is 100 cm³/mol. The zero-order valence-electron chi connectivity index (χ0n) is 13.1. The Labute approximate surface area is 157 Å². The number of esters is 1. The predicted octanol–water partition coefficient (Wildman–Crippen LogP) is 3.81. The highest BCUT2D eigenvalue weighted by molar-refractivity contribution is 9.10. The first-order valence-electron chi connectivity index (χ1n) is 7.29. The van der Waals surface area contributed by atoms with Gasteiger partial charge >= 0.3 is 11.9 Å². The Hall–Kier alpha value is -2.51. The monoisotopic (exact) mass is 418 g/mol. The Kier molecular flexibility index (Phi) is 7.81. The first-order valence-corrected chi connectivity index (χ1v) is 8.96. The van der Waals surface area contributed by atoms with Gasteiger partial charge in [-0.1, -0.05) is 75.8 Å². The molecular formula is C18H15BrN2O3S. The third-order valence-electron chi connectivity index (χ3n) is 2.80. The van der Waals surface area contributed by atoms with E-state index in [1.54, 1.807) is 5.38 Å². The molecule has 0 bridgehead atoms. The number of thiazole rings is 1. The second kappa shape index (κ2) is 10.4. The summed E-state index contributed by atoms with van der Waals surface area (Å²) in [7, 11) is 0. The lowest BCUT2D eigenvalue weighted by atomic mass is 10.2. The van der Waals surface area contributed by atoms with Crippen molar-refractivity contribution in [3.63, 3.8) is 0 Å². The molecule has 0 saturated heterocycles. The van der Waals surface area contributed by atoms with Crippen LogP contribution in [-0.2, 0) is 16.1 Å². The van der Waals surface area contributed by atoms with Crippen molar-refractivity contribution in [2.45, 2.75) is 6.54 Å². The van der Waals surface area contributed by atoms with Gasteiger partial charge in [-0.3, -0.25) is 4.79 Å². The van der Waals surface area contributed by atoms with Crippen LogP contribution < -0.4 is 10.1 Å². The summed E-state index contributed by atoms with van der Waals surface area (Å²) in [5, 5.41) is 4.29. The quantitative estimate of drug-likeness (QED) is 0.518. The highest BCUT2D eigenvalue weighted by Crippen LogP contribution is 2.13. The Balaban J connectivity index is 0.000000269. The van der Waals surface area contributed by atoms with Crippen molar-refractivity contribution in [1.29, 1.82) is 0 Å². The number of halogens is 1. The average Bonchev–Trinajstić information content (AvgIpc) is 3.15. The molecule has 0 unspecified atom stereocenters. The van der Waals surface area contributed by atoms with Crippen LogP contribution in [0.3, 0.4) is 0 Å². The molecule has 1 amide bonds. The van der Waals surface area contributed by atoms with E-state index in [1.165, 1.54) is 6.20 Å². The van der Waals surface area contributed by atoms with Crippen molar-refractivity contribution in [3.8, 4) is 5.19 Å². The van der Waals surface area contributed by atoms with Crippen molar-refractivity contribution in [3.05, 3.63) is 82.3 Å². The first-order chi connectivity index (χ1) is 12.1. The molecule has 1 aromatic heterocycles. The van der Waals surface area contributed by atoms with Crippen molar-refractivity contribution < 1.29 is 14.3 Å². The van der Waals surface area contributed by atoms with Crippen molar-refractivity contribution >= 4 is 39.1 Å². The molecule has 0 saturated carbocycles. The molecule has 2 aromatic carbocycles. The maximum atomic E-state index is 11.4. The summed E-state index contributed by atoms with van der Waals surface area (Å²) in [5.74, 6) is -1.74. The van der Waals surface area contributed by atoms with Gasteiger partial charge in [0.2, 0.25) is 0 Å². The lowest BCUT2D eigenvalue weighted by Crippen LogP contribution is -2.33. The number of carbonyl (C=O) groups is 2. The Morgan fingerprint density at radius 2 is 1.68 bits per heavy atom. The number of benzene rings is 2. The van der Waals surface area contributed by atoms with Crippen molar-refractivity contribution in [1.82, 2.24) is 10.3 Å². The summed E-state index contributed by atoms with van der Waals surface area (Å²) in [6.45, 7) is 0.284. The molecule has 0 atom stereocenters. The fourth-order valence-electron chi connectivity index (χ4n) is 1.65. The van der Waals surface area contributed by atoms with Gasteiger partial charge < -0.3 is 10.1 Å². The van der Waals surface area contributed by atoms with Crippen molar-refractivity contribution in [2.75, 3.05) is 0 Å². The minimum absolute atomic E-state index is 0.162. The number of rotatable bonds is 3. The van der Waals surface area contributed by atoms with Crippen LogP contribution in [0.25, 0.3) is 0 Å².